The van der Waals surface area contributed by atoms with E-state index < -0.39 is 0 Å². The van der Waals surface area contributed by atoms with Crippen molar-refractivity contribution < 1.29 is 4.79 Å². The van der Waals surface area contributed by atoms with Gasteiger partial charge in [0, 0.05) is 29.6 Å². The Bertz CT molecular complexity index is 658. The fraction of sp³-hybridized carbons (Fsp3) is 0.214. The molecule has 20 heavy (non-hydrogen) atoms. The number of halogens is 1. The van der Waals surface area contributed by atoms with Gasteiger partial charge < -0.3 is 10.6 Å². The number of rotatable bonds is 3. The quantitative estimate of drug-likeness (QED) is 0.904. The molecule has 0 aliphatic rings. The lowest BCUT2D eigenvalue weighted by Gasteiger charge is -2.11. The maximum atomic E-state index is 12.3. The van der Waals surface area contributed by atoms with Gasteiger partial charge in [-0.3, -0.25) is 9.78 Å². The van der Waals surface area contributed by atoms with Gasteiger partial charge in [-0.05, 0) is 47.5 Å². The number of nitrogens with one attached hydrogen (secondary N) is 2. The maximum absolute atomic E-state index is 12.3. The van der Waals surface area contributed by atoms with Crippen LogP contribution in [0, 0.1) is 13.8 Å². The normalized spacial score (nSPS) is 10.2. The molecule has 2 aromatic heterocycles. The molecule has 0 saturated carbocycles. The van der Waals surface area contributed by atoms with Crippen LogP contribution in [-0.2, 0) is 0 Å². The van der Waals surface area contributed by atoms with E-state index >= 15 is 0 Å². The number of nitrogens with zero attached hydrogens (tertiary/aromatic N) is 2. The molecule has 104 valence electrons. The average Bonchev–Trinajstić information content (AvgIpc) is 2.41. The standard InChI is InChI=1S/C14H15BrN4O/c1-8-4-10(15)6-18-13(8)19-14(20)11-7-17-9(2)5-12(11)16-3/h4-7H,1-3H3,(H,16,17)(H,18,19,20). The van der Waals surface area contributed by atoms with Crippen LogP contribution in [0.2, 0.25) is 0 Å². The monoisotopic (exact) mass is 334 g/mol. The van der Waals surface area contributed by atoms with Gasteiger partial charge in [-0.15, -0.1) is 0 Å². The predicted molar refractivity (Wildman–Crippen MR) is 83.1 cm³/mol. The predicted octanol–water partition coefficient (Wildman–Crippen LogP) is 3.15. The molecule has 2 N–H and O–H groups in total. The van der Waals surface area contributed by atoms with Crippen molar-refractivity contribution in [3.05, 3.63) is 45.8 Å². The molecule has 5 nitrogen and oxygen atoms in total. The highest BCUT2D eigenvalue weighted by Gasteiger charge is 2.13. The number of hydrogen-bond donors (Lipinski definition) is 2. The summed E-state index contributed by atoms with van der Waals surface area (Å²) in [5, 5.41) is 5.80. The molecule has 0 aliphatic carbocycles. The summed E-state index contributed by atoms with van der Waals surface area (Å²) < 4.78 is 0.876. The number of pyridine rings is 2. The van der Waals surface area contributed by atoms with E-state index in [1.165, 1.54) is 0 Å². The van der Waals surface area contributed by atoms with Gasteiger partial charge in [-0.25, -0.2) is 4.98 Å². The zero-order chi connectivity index (χ0) is 14.7. The molecule has 2 rings (SSSR count). The van der Waals surface area contributed by atoms with Crippen molar-refractivity contribution in [3.8, 4) is 0 Å². The van der Waals surface area contributed by atoms with Crippen molar-refractivity contribution in [3.63, 3.8) is 0 Å². The average molecular weight is 335 g/mol. The first kappa shape index (κ1) is 14.5. The van der Waals surface area contributed by atoms with E-state index in [4.69, 9.17) is 0 Å². The third-order valence-electron chi connectivity index (χ3n) is 2.83. The lowest BCUT2D eigenvalue weighted by molar-refractivity contribution is 0.102. The maximum Gasteiger partial charge on any atom is 0.260 e. The zero-order valence-electron chi connectivity index (χ0n) is 11.5. The van der Waals surface area contributed by atoms with Crippen LogP contribution in [0.1, 0.15) is 21.6 Å². The van der Waals surface area contributed by atoms with E-state index in [2.05, 4.69) is 36.5 Å². The molecular formula is C14H15BrN4O. The van der Waals surface area contributed by atoms with Crippen molar-refractivity contribution >= 4 is 33.3 Å². The second-order valence-corrected chi connectivity index (χ2v) is 5.31. The van der Waals surface area contributed by atoms with Crippen molar-refractivity contribution in [1.29, 1.82) is 0 Å². The van der Waals surface area contributed by atoms with Gasteiger partial charge in [0.05, 0.1) is 11.3 Å². The molecule has 2 heterocycles. The molecule has 0 fully saturated rings. The number of carbonyl (C=O) groups excluding carboxylic acids is 1. The summed E-state index contributed by atoms with van der Waals surface area (Å²) >= 11 is 3.34. The van der Waals surface area contributed by atoms with Gasteiger partial charge >= 0.3 is 0 Å². The van der Waals surface area contributed by atoms with Gasteiger partial charge in [0.1, 0.15) is 5.82 Å². The third-order valence-corrected chi connectivity index (χ3v) is 3.27. The largest absolute Gasteiger partial charge is 0.387 e. The minimum absolute atomic E-state index is 0.236. The lowest BCUT2D eigenvalue weighted by Crippen LogP contribution is -2.16. The molecule has 0 unspecified atom stereocenters. The Balaban J connectivity index is 2.28. The zero-order valence-corrected chi connectivity index (χ0v) is 13.1. The van der Waals surface area contributed by atoms with E-state index in [9.17, 15) is 4.79 Å². The Morgan fingerprint density at radius 1 is 1.20 bits per heavy atom. The number of aryl methyl sites for hydroxylation is 2. The van der Waals surface area contributed by atoms with Gasteiger partial charge in [-0.1, -0.05) is 0 Å². The first-order valence-electron chi connectivity index (χ1n) is 6.09. The lowest BCUT2D eigenvalue weighted by atomic mass is 10.2. The molecule has 0 saturated heterocycles. The minimum Gasteiger partial charge on any atom is -0.387 e. The Labute approximate surface area is 126 Å². The van der Waals surface area contributed by atoms with E-state index in [0.29, 0.717) is 11.4 Å². The van der Waals surface area contributed by atoms with Crippen LogP contribution in [0.25, 0.3) is 0 Å². The van der Waals surface area contributed by atoms with Gasteiger partial charge in [0.2, 0.25) is 0 Å². The second-order valence-electron chi connectivity index (χ2n) is 4.39. The van der Waals surface area contributed by atoms with Gasteiger partial charge in [0.15, 0.2) is 0 Å². The van der Waals surface area contributed by atoms with Crippen molar-refractivity contribution in [2.24, 2.45) is 0 Å². The Morgan fingerprint density at radius 3 is 2.60 bits per heavy atom. The SMILES string of the molecule is CNc1cc(C)ncc1C(=O)Nc1ncc(Br)cc1C. The molecule has 0 radical (unpaired) electrons. The van der Waals surface area contributed by atoms with E-state index in [0.717, 1.165) is 21.4 Å². The fourth-order valence-corrected chi connectivity index (χ4v) is 2.24. The topological polar surface area (TPSA) is 66.9 Å². The van der Waals surface area contributed by atoms with Crippen LogP contribution < -0.4 is 10.6 Å². The molecule has 1 amide bonds. The van der Waals surface area contributed by atoms with Crippen LogP contribution in [-0.4, -0.2) is 22.9 Å². The van der Waals surface area contributed by atoms with Gasteiger partial charge in [-0.2, -0.15) is 0 Å². The molecule has 0 bridgehead atoms. The highest BCUT2D eigenvalue weighted by molar-refractivity contribution is 9.10. The molecule has 0 aromatic carbocycles. The van der Waals surface area contributed by atoms with Crippen molar-refractivity contribution in [2.45, 2.75) is 13.8 Å². The highest BCUT2D eigenvalue weighted by atomic mass is 79.9. The minimum atomic E-state index is -0.236. The van der Waals surface area contributed by atoms with E-state index in [-0.39, 0.29) is 5.91 Å². The third kappa shape index (κ3) is 3.14. The Morgan fingerprint density at radius 2 is 1.95 bits per heavy atom. The van der Waals surface area contributed by atoms with Crippen molar-refractivity contribution in [1.82, 2.24) is 9.97 Å². The summed E-state index contributed by atoms with van der Waals surface area (Å²) in [4.78, 5) is 20.7. The number of amides is 1. The van der Waals surface area contributed by atoms with Crippen LogP contribution in [0.4, 0.5) is 11.5 Å². The second kappa shape index (κ2) is 6.00. The Hall–Kier alpha value is -1.95. The van der Waals surface area contributed by atoms with Crippen molar-refractivity contribution in [2.75, 3.05) is 17.7 Å². The van der Waals surface area contributed by atoms with Gasteiger partial charge in [0.25, 0.3) is 5.91 Å². The van der Waals surface area contributed by atoms with Crippen LogP contribution in [0.5, 0.6) is 0 Å². The summed E-state index contributed by atoms with van der Waals surface area (Å²) in [5.74, 6) is 0.306. The summed E-state index contributed by atoms with van der Waals surface area (Å²) in [7, 11) is 1.77. The number of carbonyl (C=O) groups is 1. The number of hydrogen-bond acceptors (Lipinski definition) is 4. The van der Waals surface area contributed by atoms with E-state index in [1.807, 2.05) is 26.0 Å². The number of aromatic nitrogens is 2. The summed E-state index contributed by atoms with van der Waals surface area (Å²) in [6.07, 6.45) is 3.21. The summed E-state index contributed by atoms with van der Waals surface area (Å²) in [6, 6.07) is 3.73. The molecule has 0 spiro atoms. The molecule has 2 aromatic rings. The molecular weight excluding hydrogens is 320 g/mol. The van der Waals surface area contributed by atoms with Crippen LogP contribution in [0.15, 0.2) is 29.0 Å². The highest BCUT2D eigenvalue weighted by Crippen LogP contribution is 2.20. The van der Waals surface area contributed by atoms with E-state index in [1.54, 1.807) is 19.4 Å². The number of anilines is 2. The summed E-state index contributed by atoms with van der Waals surface area (Å²) in [5.41, 5.74) is 2.97. The van der Waals surface area contributed by atoms with Crippen LogP contribution in [0.3, 0.4) is 0 Å². The first-order valence-corrected chi connectivity index (χ1v) is 6.88. The first-order chi connectivity index (χ1) is 9.51. The molecule has 6 heteroatoms. The molecule has 0 aliphatic heterocycles. The Kier molecular flexibility index (Phi) is 4.34. The molecule has 0 atom stereocenters. The smallest absolute Gasteiger partial charge is 0.260 e. The fourth-order valence-electron chi connectivity index (χ4n) is 1.79. The van der Waals surface area contributed by atoms with Crippen LogP contribution >= 0.6 is 15.9 Å². The summed E-state index contributed by atoms with van der Waals surface area (Å²) in [6.45, 7) is 3.77.